The Hall–Kier alpha value is -2.32. The SMILES string of the molecule is CS(=O)(=O)N1CC(C(=O)N2CCCC2)C2(CCN(c3ccc(C#N)c(C(F)(F)F)c3)CC2)C1. The topological polar surface area (TPSA) is 84.7 Å². The minimum atomic E-state index is -4.63. The van der Waals surface area contributed by atoms with Crippen LogP contribution in [-0.2, 0) is 21.0 Å². The summed E-state index contributed by atoms with van der Waals surface area (Å²) in [5.74, 6) is -0.455. The van der Waals surface area contributed by atoms with Crippen LogP contribution in [0.5, 0.6) is 0 Å². The van der Waals surface area contributed by atoms with Crippen LogP contribution >= 0.6 is 0 Å². The van der Waals surface area contributed by atoms with Gasteiger partial charge in [-0.1, -0.05) is 0 Å². The highest BCUT2D eigenvalue weighted by Gasteiger charge is 2.54. The number of benzene rings is 1. The van der Waals surface area contributed by atoms with Crippen molar-refractivity contribution in [3.05, 3.63) is 29.3 Å². The van der Waals surface area contributed by atoms with E-state index in [0.717, 1.165) is 25.2 Å². The standard InChI is InChI=1S/C22H27F3N4O3S/c1-33(31,32)29-14-19(20(30)28-8-2-3-9-28)21(15-29)6-10-27(11-7-21)17-5-4-16(13-26)18(12-17)22(23,24)25/h4-5,12,19H,2-3,6-11,14-15H2,1H3. The lowest BCUT2D eigenvalue weighted by Gasteiger charge is -2.43. The molecule has 7 nitrogen and oxygen atoms in total. The smallest absolute Gasteiger partial charge is 0.371 e. The molecule has 1 amide bonds. The van der Waals surface area contributed by atoms with Gasteiger partial charge < -0.3 is 9.80 Å². The highest BCUT2D eigenvalue weighted by atomic mass is 32.2. The molecular weight excluding hydrogens is 457 g/mol. The zero-order valence-electron chi connectivity index (χ0n) is 18.4. The van der Waals surface area contributed by atoms with E-state index in [9.17, 15) is 26.4 Å². The second kappa shape index (κ2) is 8.47. The van der Waals surface area contributed by atoms with Crippen molar-refractivity contribution in [1.82, 2.24) is 9.21 Å². The zero-order valence-corrected chi connectivity index (χ0v) is 19.3. The molecule has 180 valence electrons. The second-order valence-corrected chi connectivity index (χ2v) is 11.3. The molecule has 0 radical (unpaired) electrons. The molecule has 0 saturated carbocycles. The Kier molecular flexibility index (Phi) is 6.12. The molecule has 1 unspecified atom stereocenters. The van der Waals surface area contributed by atoms with Gasteiger partial charge >= 0.3 is 6.18 Å². The Balaban J connectivity index is 1.57. The summed E-state index contributed by atoms with van der Waals surface area (Å²) < 4.78 is 66.1. The number of anilines is 1. The van der Waals surface area contributed by atoms with Gasteiger partial charge in [0.25, 0.3) is 0 Å². The van der Waals surface area contributed by atoms with Gasteiger partial charge in [-0.15, -0.1) is 0 Å². The molecule has 11 heteroatoms. The summed E-state index contributed by atoms with van der Waals surface area (Å²) >= 11 is 0. The van der Waals surface area contributed by atoms with Gasteiger partial charge in [-0.25, -0.2) is 12.7 Å². The molecule has 3 aliphatic heterocycles. The second-order valence-electron chi connectivity index (χ2n) is 9.33. The number of rotatable bonds is 3. The Bertz CT molecular complexity index is 1070. The van der Waals surface area contributed by atoms with E-state index in [2.05, 4.69) is 0 Å². The zero-order chi connectivity index (χ0) is 24.0. The lowest BCUT2D eigenvalue weighted by atomic mass is 9.70. The van der Waals surface area contributed by atoms with Crippen molar-refractivity contribution in [2.24, 2.45) is 11.3 Å². The molecule has 3 saturated heterocycles. The first-order valence-corrected chi connectivity index (χ1v) is 12.9. The number of alkyl halides is 3. The molecule has 1 spiro atoms. The van der Waals surface area contributed by atoms with Crippen LogP contribution in [0, 0.1) is 22.7 Å². The van der Waals surface area contributed by atoms with Gasteiger partial charge in [-0.2, -0.15) is 18.4 Å². The van der Waals surface area contributed by atoms with Gasteiger partial charge in [-0.3, -0.25) is 4.79 Å². The van der Waals surface area contributed by atoms with E-state index in [1.165, 1.54) is 16.4 Å². The van der Waals surface area contributed by atoms with Crippen LogP contribution in [0.4, 0.5) is 18.9 Å². The minimum absolute atomic E-state index is 0.00942. The van der Waals surface area contributed by atoms with Crippen LogP contribution in [0.1, 0.15) is 36.8 Å². The van der Waals surface area contributed by atoms with Gasteiger partial charge in [0, 0.05) is 50.4 Å². The maximum Gasteiger partial charge on any atom is 0.417 e. The van der Waals surface area contributed by atoms with E-state index < -0.39 is 38.7 Å². The Morgan fingerprint density at radius 2 is 1.79 bits per heavy atom. The predicted octanol–water partition coefficient (Wildman–Crippen LogP) is 2.68. The molecule has 0 aromatic heterocycles. The predicted molar refractivity (Wildman–Crippen MR) is 116 cm³/mol. The highest BCUT2D eigenvalue weighted by Crippen LogP contribution is 2.47. The first-order chi connectivity index (χ1) is 15.4. The lowest BCUT2D eigenvalue weighted by molar-refractivity contribution is -0.138. The lowest BCUT2D eigenvalue weighted by Crippen LogP contribution is -2.49. The van der Waals surface area contributed by atoms with Gasteiger partial charge in [0.05, 0.1) is 29.4 Å². The number of nitriles is 1. The van der Waals surface area contributed by atoms with Crippen molar-refractivity contribution >= 4 is 21.6 Å². The van der Waals surface area contributed by atoms with E-state index in [1.807, 2.05) is 9.80 Å². The number of likely N-dealkylation sites (tertiary alicyclic amines) is 1. The Morgan fingerprint density at radius 1 is 1.15 bits per heavy atom. The third-order valence-electron chi connectivity index (χ3n) is 7.35. The van der Waals surface area contributed by atoms with Gasteiger partial charge in [0.2, 0.25) is 15.9 Å². The first kappa shape index (κ1) is 23.8. The van der Waals surface area contributed by atoms with E-state index in [0.29, 0.717) is 44.7 Å². The van der Waals surface area contributed by atoms with E-state index in [1.54, 1.807) is 6.07 Å². The van der Waals surface area contributed by atoms with Crippen molar-refractivity contribution in [3.63, 3.8) is 0 Å². The third kappa shape index (κ3) is 4.55. The summed E-state index contributed by atoms with van der Waals surface area (Å²) in [6, 6.07) is 5.29. The fraction of sp³-hybridized carbons (Fsp3) is 0.636. The van der Waals surface area contributed by atoms with Crippen LogP contribution in [0.2, 0.25) is 0 Å². The first-order valence-electron chi connectivity index (χ1n) is 11.0. The number of carbonyl (C=O) groups excluding carboxylic acids is 1. The van der Waals surface area contributed by atoms with Crippen molar-refractivity contribution in [2.45, 2.75) is 31.9 Å². The summed E-state index contributed by atoms with van der Waals surface area (Å²) in [5, 5.41) is 9.03. The van der Waals surface area contributed by atoms with Gasteiger partial charge in [0.1, 0.15) is 0 Å². The summed E-state index contributed by atoms with van der Waals surface area (Å²) in [6.07, 6.45) is -0.597. The number of amides is 1. The number of sulfonamides is 1. The van der Waals surface area contributed by atoms with Crippen LogP contribution in [0.25, 0.3) is 0 Å². The number of hydrogen-bond acceptors (Lipinski definition) is 5. The monoisotopic (exact) mass is 484 g/mol. The van der Waals surface area contributed by atoms with E-state index in [4.69, 9.17) is 5.26 Å². The average Bonchev–Trinajstić information content (AvgIpc) is 3.41. The van der Waals surface area contributed by atoms with Crippen molar-refractivity contribution < 1.29 is 26.4 Å². The number of halogens is 3. The number of nitrogens with zero attached hydrogens (tertiary/aromatic N) is 4. The molecule has 1 aromatic carbocycles. The minimum Gasteiger partial charge on any atom is -0.371 e. The van der Waals surface area contributed by atoms with Crippen molar-refractivity contribution in [3.8, 4) is 6.07 Å². The van der Waals surface area contributed by atoms with Crippen LogP contribution in [-0.4, -0.2) is 69.1 Å². The summed E-state index contributed by atoms with van der Waals surface area (Å²) in [5.41, 5.74) is -1.54. The number of hydrogen-bond donors (Lipinski definition) is 0. The maximum absolute atomic E-state index is 13.4. The van der Waals surface area contributed by atoms with Gasteiger partial charge in [0.15, 0.2) is 0 Å². The Labute approximate surface area is 191 Å². The normalized spacial score (nSPS) is 23.8. The van der Waals surface area contributed by atoms with Crippen LogP contribution in [0.3, 0.4) is 0 Å². The van der Waals surface area contributed by atoms with Crippen LogP contribution in [0.15, 0.2) is 18.2 Å². The van der Waals surface area contributed by atoms with Crippen LogP contribution < -0.4 is 4.90 Å². The molecule has 0 bridgehead atoms. The van der Waals surface area contributed by atoms with Gasteiger partial charge in [-0.05, 0) is 43.9 Å². The molecule has 3 heterocycles. The molecular formula is C22H27F3N4O3S. The molecule has 1 atom stereocenters. The Morgan fingerprint density at radius 3 is 2.33 bits per heavy atom. The summed E-state index contributed by atoms with van der Waals surface area (Å²) in [4.78, 5) is 16.9. The fourth-order valence-electron chi connectivity index (χ4n) is 5.45. The quantitative estimate of drug-likeness (QED) is 0.659. The fourth-order valence-corrected chi connectivity index (χ4v) is 6.36. The highest BCUT2D eigenvalue weighted by molar-refractivity contribution is 7.88. The van der Waals surface area contributed by atoms with E-state index >= 15 is 0 Å². The van der Waals surface area contributed by atoms with Crippen molar-refractivity contribution in [2.75, 3.05) is 50.4 Å². The third-order valence-corrected chi connectivity index (χ3v) is 8.57. The molecule has 4 rings (SSSR count). The molecule has 0 N–H and O–H groups in total. The molecule has 0 aliphatic carbocycles. The number of piperidine rings is 1. The summed E-state index contributed by atoms with van der Waals surface area (Å²) in [7, 11) is -3.47. The molecule has 3 aliphatic rings. The largest absolute Gasteiger partial charge is 0.417 e. The summed E-state index contributed by atoms with van der Waals surface area (Å²) in [6.45, 7) is 2.59. The molecule has 33 heavy (non-hydrogen) atoms. The van der Waals surface area contributed by atoms with Crippen molar-refractivity contribution in [1.29, 1.82) is 5.26 Å². The maximum atomic E-state index is 13.4. The number of carbonyl (C=O) groups is 1. The van der Waals surface area contributed by atoms with E-state index in [-0.39, 0.29) is 19.0 Å². The average molecular weight is 485 g/mol. The molecule has 3 fully saturated rings. The molecule has 1 aromatic rings.